The highest BCUT2D eigenvalue weighted by Gasteiger charge is 2.09. The lowest BCUT2D eigenvalue weighted by Crippen LogP contribution is -2.05. The van der Waals surface area contributed by atoms with Crippen LogP contribution in [0.15, 0.2) is 48.5 Å². The fourth-order valence-electron chi connectivity index (χ4n) is 2.09. The summed E-state index contributed by atoms with van der Waals surface area (Å²) in [6.45, 7) is 3.02. The molecule has 3 heteroatoms. The highest BCUT2D eigenvalue weighted by molar-refractivity contribution is 5.31. The van der Waals surface area contributed by atoms with E-state index >= 15 is 0 Å². The minimum absolute atomic E-state index is 0.262. The molecule has 2 aromatic carbocycles. The topological polar surface area (TPSA) is 35.2 Å². The predicted octanol–water partition coefficient (Wildman–Crippen LogP) is 3.86. The van der Waals surface area contributed by atoms with Crippen LogP contribution in [-0.4, -0.2) is 6.54 Å². The molecule has 2 aromatic rings. The second kappa shape index (κ2) is 7.06. The number of ether oxygens (including phenoxy) is 1. The van der Waals surface area contributed by atoms with Gasteiger partial charge in [0.05, 0.1) is 0 Å². The summed E-state index contributed by atoms with van der Waals surface area (Å²) >= 11 is 0. The Kier molecular flexibility index (Phi) is 5.13. The number of hydrogen-bond acceptors (Lipinski definition) is 2. The molecule has 0 heterocycles. The van der Waals surface area contributed by atoms with Crippen LogP contribution in [0, 0.1) is 5.82 Å². The van der Waals surface area contributed by atoms with Crippen LogP contribution in [0.1, 0.15) is 30.4 Å². The zero-order chi connectivity index (χ0) is 14.4. The molecule has 1 atom stereocenters. The van der Waals surface area contributed by atoms with Crippen molar-refractivity contribution in [1.82, 2.24) is 0 Å². The molecule has 0 bridgehead atoms. The summed E-state index contributed by atoms with van der Waals surface area (Å²) in [5.74, 6) is 0.234. The molecule has 0 fully saturated rings. The van der Waals surface area contributed by atoms with Crippen LogP contribution >= 0.6 is 0 Å². The molecule has 20 heavy (non-hydrogen) atoms. The first-order chi connectivity index (χ1) is 9.70. The minimum Gasteiger partial charge on any atom is -0.486 e. The van der Waals surface area contributed by atoms with E-state index < -0.39 is 0 Å². The van der Waals surface area contributed by atoms with E-state index in [1.807, 2.05) is 43.3 Å². The number of halogens is 1. The highest BCUT2D eigenvalue weighted by Crippen LogP contribution is 2.25. The Hall–Kier alpha value is -1.87. The van der Waals surface area contributed by atoms with Crippen LogP contribution in [0.3, 0.4) is 0 Å². The smallest absolute Gasteiger partial charge is 0.165 e. The van der Waals surface area contributed by atoms with E-state index in [4.69, 9.17) is 10.5 Å². The van der Waals surface area contributed by atoms with Crippen molar-refractivity contribution in [2.24, 2.45) is 5.73 Å². The van der Waals surface area contributed by atoms with Crippen molar-refractivity contribution >= 4 is 0 Å². The number of nitrogens with two attached hydrogens (primary N) is 1. The normalized spacial score (nSPS) is 12.2. The maximum Gasteiger partial charge on any atom is 0.165 e. The summed E-state index contributed by atoms with van der Waals surface area (Å²) in [5, 5.41) is 0. The van der Waals surface area contributed by atoms with E-state index in [9.17, 15) is 4.39 Å². The quantitative estimate of drug-likeness (QED) is 0.867. The van der Waals surface area contributed by atoms with Gasteiger partial charge in [0.1, 0.15) is 6.61 Å². The van der Waals surface area contributed by atoms with E-state index in [-0.39, 0.29) is 17.5 Å². The first kappa shape index (κ1) is 14.5. The van der Waals surface area contributed by atoms with Gasteiger partial charge >= 0.3 is 0 Å². The van der Waals surface area contributed by atoms with Gasteiger partial charge in [-0.05, 0) is 42.1 Å². The molecule has 106 valence electrons. The minimum atomic E-state index is -0.317. The molecule has 0 aliphatic carbocycles. The number of hydrogen-bond donors (Lipinski definition) is 1. The SMILES string of the molecule is CC(CCN)c1ccc(OCc2ccccc2)c(F)c1. The monoisotopic (exact) mass is 273 g/mol. The molecule has 2 rings (SSSR count). The molecule has 0 amide bonds. The molecule has 2 nitrogen and oxygen atoms in total. The van der Waals surface area contributed by atoms with Crippen molar-refractivity contribution in [3.63, 3.8) is 0 Å². The predicted molar refractivity (Wildman–Crippen MR) is 79.3 cm³/mol. The Morgan fingerprint density at radius 1 is 1.15 bits per heavy atom. The largest absolute Gasteiger partial charge is 0.486 e. The standard InChI is InChI=1S/C17H20FNO/c1-13(9-10-19)15-7-8-17(16(18)11-15)20-12-14-5-3-2-4-6-14/h2-8,11,13H,9-10,12,19H2,1H3. The summed E-state index contributed by atoms with van der Waals surface area (Å²) in [7, 11) is 0. The van der Waals surface area contributed by atoms with Crippen molar-refractivity contribution in [2.75, 3.05) is 6.54 Å². The lowest BCUT2D eigenvalue weighted by molar-refractivity contribution is 0.290. The molecule has 2 N–H and O–H groups in total. The zero-order valence-electron chi connectivity index (χ0n) is 11.7. The molecule has 0 saturated carbocycles. The Balaban J connectivity index is 2.02. The van der Waals surface area contributed by atoms with E-state index in [1.165, 1.54) is 0 Å². The van der Waals surface area contributed by atoms with Crippen molar-refractivity contribution in [3.8, 4) is 5.75 Å². The fourth-order valence-corrected chi connectivity index (χ4v) is 2.09. The van der Waals surface area contributed by atoms with Gasteiger partial charge in [-0.25, -0.2) is 4.39 Å². The molecule has 0 aliphatic rings. The first-order valence-electron chi connectivity index (χ1n) is 6.87. The molecule has 0 saturated heterocycles. The third kappa shape index (κ3) is 3.81. The van der Waals surface area contributed by atoms with Gasteiger partial charge in [-0.1, -0.05) is 43.3 Å². The van der Waals surface area contributed by atoms with E-state index in [0.717, 1.165) is 17.5 Å². The van der Waals surface area contributed by atoms with Crippen molar-refractivity contribution in [3.05, 3.63) is 65.5 Å². The lowest BCUT2D eigenvalue weighted by atomic mass is 9.98. The Labute approximate surface area is 119 Å². The summed E-state index contributed by atoms with van der Waals surface area (Å²) in [4.78, 5) is 0. The zero-order valence-corrected chi connectivity index (χ0v) is 11.7. The summed E-state index contributed by atoms with van der Waals surface area (Å²) in [6, 6.07) is 14.9. The second-order valence-electron chi connectivity index (χ2n) is 4.94. The molecule has 0 radical (unpaired) electrons. The second-order valence-corrected chi connectivity index (χ2v) is 4.94. The molecular formula is C17H20FNO. The van der Waals surface area contributed by atoms with Crippen LogP contribution in [0.4, 0.5) is 4.39 Å². The van der Waals surface area contributed by atoms with Crippen molar-refractivity contribution in [1.29, 1.82) is 0 Å². The van der Waals surface area contributed by atoms with Gasteiger partial charge < -0.3 is 10.5 Å². The van der Waals surface area contributed by atoms with Gasteiger partial charge in [-0.15, -0.1) is 0 Å². The third-order valence-electron chi connectivity index (χ3n) is 3.36. The maximum atomic E-state index is 14.0. The summed E-state index contributed by atoms with van der Waals surface area (Å²) in [6.07, 6.45) is 0.851. The third-order valence-corrected chi connectivity index (χ3v) is 3.36. The Morgan fingerprint density at radius 2 is 1.90 bits per heavy atom. The number of rotatable bonds is 6. The van der Waals surface area contributed by atoms with Gasteiger partial charge in [0, 0.05) is 0 Å². The van der Waals surface area contributed by atoms with E-state index in [1.54, 1.807) is 12.1 Å². The van der Waals surface area contributed by atoms with Crippen LogP contribution in [-0.2, 0) is 6.61 Å². The highest BCUT2D eigenvalue weighted by atomic mass is 19.1. The Morgan fingerprint density at radius 3 is 2.55 bits per heavy atom. The maximum absolute atomic E-state index is 14.0. The van der Waals surface area contributed by atoms with Gasteiger partial charge in [-0.2, -0.15) is 0 Å². The van der Waals surface area contributed by atoms with Crippen LogP contribution in [0.2, 0.25) is 0 Å². The van der Waals surface area contributed by atoms with E-state index in [2.05, 4.69) is 0 Å². The molecule has 0 aromatic heterocycles. The van der Waals surface area contributed by atoms with Crippen LogP contribution in [0.5, 0.6) is 5.75 Å². The van der Waals surface area contributed by atoms with Crippen molar-refractivity contribution in [2.45, 2.75) is 25.9 Å². The van der Waals surface area contributed by atoms with Crippen molar-refractivity contribution < 1.29 is 9.13 Å². The summed E-state index contributed by atoms with van der Waals surface area (Å²) in [5.41, 5.74) is 7.51. The van der Waals surface area contributed by atoms with Gasteiger partial charge in [-0.3, -0.25) is 0 Å². The molecule has 0 spiro atoms. The van der Waals surface area contributed by atoms with Gasteiger partial charge in [0.25, 0.3) is 0 Å². The number of benzene rings is 2. The average molecular weight is 273 g/mol. The summed E-state index contributed by atoms with van der Waals surface area (Å²) < 4.78 is 19.5. The molecule has 0 aliphatic heterocycles. The molecule has 1 unspecified atom stereocenters. The van der Waals surface area contributed by atoms with E-state index in [0.29, 0.717) is 13.2 Å². The molecular weight excluding hydrogens is 253 g/mol. The fraction of sp³-hybridized carbons (Fsp3) is 0.294. The average Bonchev–Trinajstić information content (AvgIpc) is 2.47. The first-order valence-corrected chi connectivity index (χ1v) is 6.87. The van der Waals surface area contributed by atoms with Gasteiger partial charge in [0.2, 0.25) is 0 Å². The van der Waals surface area contributed by atoms with Crippen LogP contribution < -0.4 is 10.5 Å². The van der Waals surface area contributed by atoms with Gasteiger partial charge in [0.15, 0.2) is 11.6 Å². The van der Waals surface area contributed by atoms with Crippen LogP contribution in [0.25, 0.3) is 0 Å². The Bertz CT molecular complexity index is 542. The lowest BCUT2D eigenvalue weighted by Gasteiger charge is -2.13.